The van der Waals surface area contributed by atoms with E-state index in [0.717, 1.165) is 51.0 Å². The largest absolute Gasteiger partial charge is 0.338 e. The number of carbonyl (C=O) groups is 1. The molecule has 1 aromatic carbocycles. The van der Waals surface area contributed by atoms with Gasteiger partial charge < -0.3 is 4.90 Å². The molecule has 0 N–H and O–H groups in total. The highest BCUT2D eigenvalue weighted by atomic mass is 32.2. The van der Waals surface area contributed by atoms with Gasteiger partial charge in [-0.15, -0.1) is 11.8 Å². The third-order valence-corrected chi connectivity index (χ3v) is 6.62. The van der Waals surface area contributed by atoms with Gasteiger partial charge in [-0.1, -0.05) is 18.2 Å². The molecule has 2 aliphatic heterocycles. The smallest absolute Gasteiger partial charge is 0.230 e. The van der Waals surface area contributed by atoms with Crippen LogP contribution in [0.15, 0.2) is 53.7 Å². The summed E-state index contributed by atoms with van der Waals surface area (Å²) in [5.74, 6) is 0.345. The van der Waals surface area contributed by atoms with Gasteiger partial charge in [0.25, 0.3) is 0 Å². The monoisotopic (exact) mass is 381 g/mol. The summed E-state index contributed by atoms with van der Waals surface area (Å²) in [7, 11) is 0. The Kier molecular flexibility index (Phi) is 5.50. The molecule has 0 saturated carbocycles. The number of nitrogens with zero attached hydrogens (tertiary/aromatic N) is 3. The molecule has 27 heavy (non-hydrogen) atoms. The highest BCUT2D eigenvalue weighted by Crippen LogP contribution is 2.41. The molecule has 2 aliphatic rings. The van der Waals surface area contributed by atoms with Crippen molar-refractivity contribution < 1.29 is 4.79 Å². The van der Waals surface area contributed by atoms with Gasteiger partial charge in [-0.2, -0.15) is 0 Å². The number of benzene rings is 1. The first kappa shape index (κ1) is 18.5. The summed E-state index contributed by atoms with van der Waals surface area (Å²) in [5, 5.41) is 0. The Morgan fingerprint density at radius 3 is 2.81 bits per heavy atom. The van der Waals surface area contributed by atoms with Crippen LogP contribution < -0.4 is 0 Å². The van der Waals surface area contributed by atoms with Gasteiger partial charge in [0.05, 0.1) is 5.41 Å². The second-order valence-corrected chi connectivity index (χ2v) is 8.66. The van der Waals surface area contributed by atoms with E-state index in [4.69, 9.17) is 0 Å². The van der Waals surface area contributed by atoms with Crippen LogP contribution in [0.2, 0.25) is 0 Å². The minimum absolute atomic E-state index is 0.183. The molecule has 2 saturated heterocycles. The average molecular weight is 382 g/mol. The van der Waals surface area contributed by atoms with E-state index in [-0.39, 0.29) is 5.41 Å². The minimum Gasteiger partial charge on any atom is -0.338 e. The van der Waals surface area contributed by atoms with E-state index >= 15 is 0 Å². The fourth-order valence-electron chi connectivity index (χ4n) is 4.52. The lowest BCUT2D eigenvalue weighted by Gasteiger charge is -2.39. The van der Waals surface area contributed by atoms with Crippen molar-refractivity contribution in [2.45, 2.75) is 37.2 Å². The predicted octanol–water partition coefficient (Wildman–Crippen LogP) is 3.82. The van der Waals surface area contributed by atoms with Crippen molar-refractivity contribution >= 4 is 17.7 Å². The van der Waals surface area contributed by atoms with Gasteiger partial charge in [-0.3, -0.25) is 14.7 Å². The van der Waals surface area contributed by atoms with Crippen molar-refractivity contribution in [1.29, 1.82) is 0 Å². The molecular weight excluding hydrogens is 354 g/mol. The first-order valence-corrected chi connectivity index (χ1v) is 10.9. The van der Waals surface area contributed by atoms with E-state index in [9.17, 15) is 4.79 Å². The van der Waals surface area contributed by atoms with Crippen LogP contribution in [0.3, 0.4) is 0 Å². The molecule has 5 heteroatoms. The second kappa shape index (κ2) is 8.03. The Bertz CT molecular complexity index is 797. The summed E-state index contributed by atoms with van der Waals surface area (Å²) < 4.78 is 0. The van der Waals surface area contributed by atoms with E-state index in [1.807, 2.05) is 12.3 Å². The molecule has 1 unspecified atom stereocenters. The lowest BCUT2D eigenvalue weighted by atomic mass is 9.78. The summed E-state index contributed by atoms with van der Waals surface area (Å²) in [6.07, 6.45) is 8.87. The molecule has 142 valence electrons. The summed E-state index contributed by atoms with van der Waals surface area (Å²) in [4.78, 5) is 23.3. The standard InChI is InChI=1S/C22H27N3OS/c1-27-20-7-2-5-18(13-20)15-24-12-9-22(17-24)8-4-11-25(21(22)26)16-19-6-3-10-23-14-19/h2-3,5-7,10,13-14H,4,8-9,11-12,15-17H2,1H3. The number of hydrogen-bond acceptors (Lipinski definition) is 4. The van der Waals surface area contributed by atoms with Crippen molar-refractivity contribution in [2.24, 2.45) is 5.41 Å². The number of amides is 1. The maximum atomic E-state index is 13.3. The molecule has 0 bridgehead atoms. The van der Waals surface area contributed by atoms with Crippen molar-refractivity contribution in [1.82, 2.24) is 14.8 Å². The van der Waals surface area contributed by atoms with Gasteiger partial charge in [0.1, 0.15) is 0 Å². The number of piperidine rings is 1. The predicted molar refractivity (Wildman–Crippen MR) is 109 cm³/mol. The van der Waals surface area contributed by atoms with Gasteiger partial charge in [0.15, 0.2) is 0 Å². The number of aromatic nitrogens is 1. The molecule has 1 atom stereocenters. The van der Waals surface area contributed by atoms with Crippen molar-refractivity contribution in [3.8, 4) is 0 Å². The molecular formula is C22H27N3OS. The fourth-order valence-corrected chi connectivity index (χ4v) is 5.00. The SMILES string of the molecule is CSc1cccc(CN2CCC3(CCCN(Cc4cccnc4)C3=O)C2)c1. The van der Waals surface area contributed by atoms with Crippen molar-refractivity contribution in [3.63, 3.8) is 0 Å². The quantitative estimate of drug-likeness (QED) is 0.738. The molecule has 1 spiro atoms. The number of pyridine rings is 1. The summed E-state index contributed by atoms with van der Waals surface area (Å²) in [5.41, 5.74) is 2.28. The normalized spacial score (nSPS) is 23.3. The zero-order chi connectivity index (χ0) is 18.7. The van der Waals surface area contributed by atoms with Crippen LogP contribution in [0.1, 0.15) is 30.4 Å². The highest BCUT2D eigenvalue weighted by molar-refractivity contribution is 7.98. The Labute approximate surface area is 166 Å². The molecule has 2 fully saturated rings. The molecule has 3 heterocycles. The lowest BCUT2D eigenvalue weighted by molar-refractivity contribution is -0.146. The molecule has 1 aromatic heterocycles. The first-order chi connectivity index (χ1) is 13.2. The molecule has 4 nitrogen and oxygen atoms in total. The Hall–Kier alpha value is -1.85. The highest BCUT2D eigenvalue weighted by Gasteiger charge is 2.48. The van der Waals surface area contributed by atoms with Crippen LogP contribution >= 0.6 is 11.8 Å². The second-order valence-electron chi connectivity index (χ2n) is 7.78. The number of likely N-dealkylation sites (tertiary alicyclic amines) is 2. The van der Waals surface area contributed by atoms with E-state index in [2.05, 4.69) is 51.4 Å². The Balaban J connectivity index is 1.43. The minimum atomic E-state index is -0.183. The molecule has 0 aliphatic carbocycles. The topological polar surface area (TPSA) is 36.4 Å². The van der Waals surface area contributed by atoms with Crippen LogP contribution in [0.5, 0.6) is 0 Å². The average Bonchev–Trinajstić information content (AvgIpc) is 3.10. The van der Waals surface area contributed by atoms with Crippen molar-refractivity contribution in [2.75, 3.05) is 25.9 Å². The Morgan fingerprint density at radius 2 is 2.00 bits per heavy atom. The summed E-state index contributed by atoms with van der Waals surface area (Å²) in [6.45, 7) is 4.39. The Morgan fingerprint density at radius 1 is 1.11 bits per heavy atom. The van der Waals surface area contributed by atoms with Crippen LogP contribution in [-0.4, -0.2) is 46.6 Å². The van der Waals surface area contributed by atoms with Gasteiger partial charge in [0, 0.05) is 43.5 Å². The molecule has 4 rings (SSSR count). The van der Waals surface area contributed by atoms with E-state index < -0.39 is 0 Å². The maximum absolute atomic E-state index is 13.3. The maximum Gasteiger partial charge on any atom is 0.230 e. The lowest BCUT2D eigenvalue weighted by Crippen LogP contribution is -2.49. The number of rotatable bonds is 5. The zero-order valence-electron chi connectivity index (χ0n) is 15.9. The number of hydrogen-bond donors (Lipinski definition) is 0. The van der Waals surface area contributed by atoms with Gasteiger partial charge in [-0.25, -0.2) is 0 Å². The van der Waals surface area contributed by atoms with Crippen LogP contribution in [0.25, 0.3) is 0 Å². The van der Waals surface area contributed by atoms with Crippen molar-refractivity contribution in [3.05, 3.63) is 59.9 Å². The molecule has 1 amide bonds. The third kappa shape index (κ3) is 4.04. The summed E-state index contributed by atoms with van der Waals surface area (Å²) >= 11 is 1.78. The zero-order valence-corrected chi connectivity index (χ0v) is 16.8. The third-order valence-electron chi connectivity index (χ3n) is 5.89. The number of carbonyl (C=O) groups excluding carboxylic acids is 1. The van der Waals surface area contributed by atoms with Gasteiger partial charge >= 0.3 is 0 Å². The van der Waals surface area contributed by atoms with E-state index in [0.29, 0.717) is 12.5 Å². The van der Waals surface area contributed by atoms with Crippen LogP contribution in [-0.2, 0) is 17.9 Å². The van der Waals surface area contributed by atoms with E-state index in [1.54, 1.807) is 18.0 Å². The van der Waals surface area contributed by atoms with Gasteiger partial charge in [0.2, 0.25) is 5.91 Å². The van der Waals surface area contributed by atoms with Crippen LogP contribution in [0.4, 0.5) is 0 Å². The summed E-state index contributed by atoms with van der Waals surface area (Å²) in [6, 6.07) is 12.8. The molecule has 0 radical (unpaired) electrons. The van der Waals surface area contributed by atoms with Crippen LogP contribution in [0, 0.1) is 5.41 Å². The first-order valence-electron chi connectivity index (χ1n) is 9.72. The molecule has 2 aromatic rings. The van der Waals surface area contributed by atoms with Gasteiger partial charge in [-0.05, 0) is 61.4 Å². The number of thioether (sulfide) groups is 1. The fraction of sp³-hybridized carbons (Fsp3) is 0.455. The van der Waals surface area contributed by atoms with E-state index in [1.165, 1.54) is 10.5 Å².